The number of carbonyl (C=O) groups excluding carboxylic acids is 1. The minimum atomic E-state index is -4.71. The van der Waals surface area contributed by atoms with E-state index in [4.69, 9.17) is 11.6 Å². The molecule has 7 heteroatoms. The van der Waals surface area contributed by atoms with Crippen LogP contribution in [0.15, 0.2) is 18.2 Å². The van der Waals surface area contributed by atoms with Gasteiger partial charge in [0.15, 0.2) is 0 Å². The molecule has 94 valence electrons. The van der Waals surface area contributed by atoms with Gasteiger partial charge in [0, 0.05) is 6.42 Å². The summed E-state index contributed by atoms with van der Waals surface area (Å²) in [5.74, 6) is -7.43. The van der Waals surface area contributed by atoms with Crippen molar-refractivity contribution in [1.82, 2.24) is 0 Å². The van der Waals surface area contributed by atoms with Crippen LogP contribution in [0.4, 0.5) is 22.0 Å². The molecular formula is C10H6ClF5O. The molecule has 0 saturated heterocycles. The van der Waals surface area contributed by atoms with Crippen LogP contribution in [0.5, 0.6) is 0 Å². The van der Waals surface area contributed by atoms with Crippen molar-refractivity contribution in [2.45, 2.75) is 18.8 Å². The summed E-state index contributed by atoms with van der Waals surface area (Å²) >= 11 is 5.35. The number of alkyl halides is 4. The average molecular weight is 273 g/mol. The number of Topliss-reactive ketones (excluding diaryl/α,β-unsaturated/α-hetero) is 1. The van der Waals surface area contributed by atoms with E-state index in [2.05, 4.69) is 0 Å². The molecule has 0 saturated carbocycles. The predicted octanol–water partition coefficient (Wildman–Crippen LogP) is 3.49. The lowest BCUT2D eigenvalue weighted by Gasteiger charge is -2.13. The number of benzene rings is 1. The maximum absolute atomic E-state index is 12.7. The lowest BCUT2D eigenvalue weighted by atomic mass is 10.1. The van der Waals surface area contributed by atoms with Crippen molar-refractivity contribution in [3.8, 4) is 0 Å². The Labute approximate surface area is 98.2 Å². The van der Waals surface area contributed by atoms with Gasteiger partial charge in [-0.05, 0) is 17.7 Å². The minimum absolute atomic E-state index is 0.0540. The fourth-order valence-corrected chi connectivity index (χ4v) is 1.28. The molecule has 1 aromatic rings. The third kappa shape index (κ3) is 3.15. The second kappa shape index (κ2) is 5.00. The zero-order chi connectivity index (χ0) is 13.2. The lowest BCUT2D eigenvalue weighted by Crippen LogP contribution is -2.37. The Bertz CT molecular complexity index is 433. The lowest BCUT2D eigenvalue weighted by molar-refractivity contribution is -0.166. The Morgan fingerprint density at radius 2 is 1.94 bits per heavy atom. The van der Waals surface area contributed by atoms with Crippen molar-refractivity contribution in [2.24, 2.45) is 0 Å². The first-order valence-corrected chi connectivity index (χ1v) is 4.76. The van der Waals surface area contributed by atoms with Crippen LogP contribution in [-0.2, 0) is 11.2 Å². The zero-order valence-electron chi connectivity index (χ0n) is 8.19. The van der Waals surface area contributed by atoms with Gasteiger partial charge in [0.05, 0.1) is 5.02 Å². The molecule has 0 spiro atoms. The summed E-state index contributed by atoms with van der Waals surface area (Å²) in [5, 5.41) is -0.365. The van der Waals surface area contributed by atoms with E-state index < -0.39 is 30.4 Å². The largest absolute Gasteiger partial charge is 0.364 e. The van der Waals surface area contributed by atoms with E-state index in [0.717, 1.165) is 18.2 Å². The van der Waals surface area contributed by atoms with Crippen LogP contribution in [0.1, 0.15) is 5.56 Å². The summed E-state index contributed by atoms with van der Waals surface area (Å²) in [6.07, 6.45) is -5.00. The highest BCUT2D eigenvalue weighted by Crippen LogP contribution is 2.26. The smallest absolute Gasteiger partial charge is 0.292 e. The highest BCUT2D eigenvalue weighted by Gasteiger charge is 2.47. The van der Waals surface area contributed by atoms with Gasteiger partial charge >= 0.3 is 12.3 Å². The number of hydrogen-bond acceptors (Lipinski definition) is 1. The Morgan fingerprint density at radius 1 is 1.35 bits per heavy atom. The SMILES string of the molecule is O=C(Cc1ccc(F)c(Cl)c1)C(F)(F)C(F)F. The molecule has 1 rings (SSSR count). The summed E-state index contributed by atoms with van der Waals surface area (Å²) in [7, 11) is 0. The van der Waals surface area contributed by atoms with Gasteiger partial charge in [0.1, 0.15) is 5.82 Å². The first-order valence-electron chi connectivity index (χ1n) is 4.38. The Hall–Kier alpha value is -1.17. The fourth-order valence-electron chi connectivity index (χ4n) is 1.07. The molecule has 0 N–H and O–H groups in total. The van der Waals surface area contributed by atoms with E-state index in [1.165, 1.54) is 0 Å². The van der Waals surface area contributed by atoms with Crippen LogP contribution in [0, 0.1) is 5.82 Å². The van der Waals surface area contributed by atoms with Crippen molar-refractivity contribution < 1.29 is 26.7 Å². The Morgan fingerprint density at radius 3 is 2.41 bits per heavy atom. The number of hydrogen-bond donors (Lipinski definition) is 0. The van der Waals surface area contributed by atoms with Crippen molar-refractivity contribution in [3.63, 3.8) is 0 Å². The van der Waals surface area contributed by atoms with Crippen molar-refractivity contribution >= 4 is 17.4 Å². The molecule has 1 aromatic carbocycles. The van der Waals surface area contributed by atoms with Crippen LogP contribution in [0.3, 0.4) is 0 Å². The third-order valence-corrected chi connectivity index (χ3v) is 2.28. The number of rotatable bonds is 4. The summed E-state index contributed by atoms with van der Waals surface area (Å²) in [4.78, 5) is 10.9. The summed E-state index contributed by atoms with van der Waals surface area (Å²) in [6, 6.07) is 2.84. The maximum Gasteiger partial charge on any atom is 0.364 e. The van der Waals surface area contributed by atoms with E-state index in [9.17, 15) is 26.7 Å². The monoisotopic (exact) mass is 272 g/mol. The molecule has 1 nitrogen and oxygen atoms in total. The van der Waals surface area contributed by atoms with E-state index in [1.807, 2.05) is 0 Å². The van der Waals surface area contributed by atoms with Gasteiger partial charge < -0.3 is 0 Å². The topological polar surface area (TPSA) is 17.1 Å². The van der Waals surface area contributed by atoms with Crippen LogP contribution < -0.4 is 0 Å². The summed E-state index contributed by atoms with van der Waals surface area (Å²) < 4.78 is 61.6. The quantitative estimate of drug-likeness (QED) is 0.767. The minimum Gasteiger partial charge on any atom is -0.292 e. The van der Waals surface area contributed by atoms with Gasteiger partial charge in [-0.1, -0.05) is 17.7 Å². The van der Waals surface area contributed by atoms with Gasteiger partial charge in [-0.2, -0.15) is 8.78 Å². The van der Waals surface area contributed by atoms with E-state index in [0.29, 0.717) is 0 Å². The molecule has 0 aliphatic carbocycles. The molecule has 0 aliphatic heterocycles. The van der Waals surface area contributed by atoms with Gasteiger partial charge in [0.25, 0.3) is 0 Å². The number of carbonyl (C=O) groups is 1. The molecular weight excluding hydrogens is 267 g/mol. The van der Waals surface area contributed by atoms with Crippen molar-refractivity contribution in [2.75, 3.05) is 0 Å². The third-order valence-electron chi connectivity index (χ3n) is 1.99. The summed E-state index contributed by atoms with van der Waals surface area (Å²) in [6.45, 7) is 0. The predicted molar refractivity (Wildman–Crippen MR) is 51.1 cm³/mol. The number of ketones is 1. The van der Waals surface area contributed by atoms with E-state index in [1.54, 1.807) is 0 Å². The molecule has 0 bridgehead atoms. The molecule has 17 heavy (non-hydrogen) atoms. The van der Waals surface area contributed by atoms with Crippen molar-refractivity contribution in [3.05, 3.63) is 34.6 Å². The van der Waals surface area contributed by atoms with Crippen molar-refractivity contribution in [1.29, 1.82) is 0 Å². The molecule has 0 heterocycles. The average Bonchev–Trinajstić information content (AvgIpc) is 2.23. The first kappa shape index (κ1) is 13.9. The van der Waals surface area contributed by atoms with Crippen LogP contribution in [-0.4, -0.2) is 18.1 Å². The zero-order valence-corrected chi connectivity index (χ0v) is 8.95. The van der Waals surface area contributed by atoms with Crippen LogP contribution >= 0.6 is 11.6 Å². The molecule has 0 aromatic heterocycles. The second-order valence-corrected chi connectivity index (χ2v) is 3.68. The maximum atomic E-state index is 12.7. The number of halogens is 6. The Kier molecular flexibility index (Phi) is 4.08. The first-order chi connectivity index (χ1) is 7.75. The molecule has 0 aliphatic rings. The van der Waals surface area contributed by atoms with Gasteiger partial charge in [0.2, 0.25) is 5.78 Å². The van der Waals surface area contributed by atoms with Gasteiger partial charge in [-0.25, -0.2) is 13.2 Å². The van der Waals surface area contributed by atoms with E-state index >= 15 is 0 Å². The van der Waals surface area contributed by atoms with Crippen LogP contribution in [0.25, 0.3) is 0 Å². The Balaban J connectivity index is 2.85. The molecule has 0 unspecified atom stereocenters. The molecule has 0 fully saturated rings. The summed E-state index contributed by atoms with van der Waals surface area (Å²) in [5.41, 5.74) is -0.0540. The van der Waals surface area contributed by atoms with Gasteiger partial charge in [-0.15, -0.1) is 0 Å². The fraction of sp³-hybridized carbons (Fsp3) is 0.300. The molecule has 0 amide bonds. The second-order valence-electron chi connectivity index (χ2n) is 3.27. The standard InChI is InChI=1S/C10H6ClF5O/c11-6-3-5(1-2-7(6)12)4-8(17)10(15,16)9(13)14/h1-3,9H,4H2. The highest BCUT2D eigenvalue weighted by atomic mass is 35.5. The normalized spacial score (nSPS) is 11.9. The van der Waals surface area contributed by atoms with E-state index in [-0.39, 0.29) is 10.6 Å². The van der Waals surface area contributed by atoms with Crippen LogP contribution in [0.2, 0.25) is 5.02 Å². The highest BCUT2D eigenvalue weighted by molar-refractivity contribution is 6.30. The van der Waals surface area contributed by atoms with Gasteiger partial charge in [-0.3, -0.25) is 4.79 Å². The molecule has 0 radical (unpaired) electrons. The molecule has 0 atom stereocenters.